The van der Waals surface area contributed by atoms with Gasteiger partial charge in [0.25, 0.3) is 5.91 Å². The molecular weight excluding hydrogens is 456 g/mol. The molecule has 4 aliphatic rings. The quantitative estimate of drug-likeness (QED) is 0.603. The minimum atomic E-state index is -0.340. The predicted molar refractivity (Wildman–Crippen MR) is 128 cm³/mol. The summed E-state index contributed by atoms with van der Waals surface area (Å²) in [6.07, 6.45) is 3.13. The number of hydrogen-bond donors (Lipinski definition) is 3. The van der Waals surface area contributed by atoms with Gasteiger partial charge in [0, 0.05) is 18.8 Å². The van der Waals surface area contributed by atoms with E-state index in [2.05, 4.69) is 25.8 Å². The Labute approximate surface area is 199 Å². The number of carbonyl (C=O) groups excluding carboxylic acids is 2. The zero-order chi connectivity index (χ0) is 23.1. The van der Waals surface area contributed by atoms with Crippen molar-refractivity contribution in [1.82, 2.24) is 16.0 Å². The molecular formula is C23H22N6O4S. The number of urea groups is 1. The van der Waals surface area contributed by atoms with Crippen LogP contribution in [0.15, 0.2) is 74.1 Å². The number of nitrogens with zero attached hydrogens (tertiary/aromatic N) is 3. The number of ether oxygens (including phenoxy) is 1. The third-order valence-corrected chi connectivity index (χ3v) is 7.20. The van der Waals surface area contributed by atoms with E-state index in [1.807, 2.05) is 24.3 Å². The number of anilines is 2. The molecule has 1 atom stereocenters. The number of benzene rings is 1. The van der Waals surface area contributed by atoms with Crippen LogP contribution in [-0.2, 0) is 16.1 Å². The second-order valence-electron chi connectivity index (χ2n) is 8.00. The molecule has 0 bridgehead atoms. The first-order valence-corrected chi connectivity index (χ1v) is 11.8. The van der Waals surface area contributed by atoms with E-state index in [1.165, 1.54) is 11.8 Å². The van der Waals surface area contributed by atoms with E-state index in [0.717, 1.165) is 30.0 Å². The van der Waals surface area contributed by atoms with Gasteiger partial charge in [0.15, 0.2) is 0 Å². The van der Waals surface area contributed by atoms with Gasteiger partial charge in [-0.2, -0.15) is 0 Å². The molecule has 2 aromatic rings. The van der Waals surface area contributed by atoms with Gasteiger partial charge in [-0.25, -0.2) is 9.69 Å². The Morgan fingerprint density at radius 3 is 2.74 bits per heavy atom. The fraction of sp³-hybridized carbons (Fsp3) is 0.261. The summed E-state index contributed by atoms with van der Waals surface area (Å²) in [5, 5.41) is 8.58. The molecule has 10 nitrogen and oxygen atoms in total. The molecule has 1 aromatic heterocycles. The van der Waals surface area contributed by atoms with Crippen molar-refractivity contribution in [3.8, 4) is 0 Å². The zero-order valence-corrected chi connectivity index (χ0v) is 18.9. The highest BCUT2D eigenvalue weighted by molar-refractivity contribution is 8.05. The Morgan fingerprint density at radius 1 is 1.18 bits per heavy atom. The van der Waals surface area contributed by atoms with Gasteiger partial charge < -0.3 is 30.0 Å². The summed E-state index contributed by atoms with van der Waals surface area (Å²) >= 11 is 1.32. The number of furan rings is 1. The number of carbonyl (C=O) groups is 2. The van der Waals surface area contributed by atoms with Crippen LogP contribution in [0.2, 0.25) is 0 Å². The molecule has 1 unspecified atom stereocenters. The van der Waals surface area contributed by atoms with Crippen LogP contribution in [0.5, 0.6) is 0 Å². The van der Waals surface area contributed by atoms with Crippen molar-refractivity contribution in [3.63, 3.8) is 0 Å². The molecule has 1 fully saturated rings. The molecule has 6 rings (SSSR count). The Bertz CT molecular complexity index is 1210. The van der Waals surface area contributed by atoms with Gasteiger partial charge in [0.1, 0.15) is 17.0 Å². The summed E-state index contributed by atoms with van der Waals surface area (Å²) in [6.45, 7) is 3.36. The predicted octanol–water partition coefficient (Wildman–Crippen LogP) is 2.09. The van der Waals surface area contributed by atoms with Crippen LogP contribution in [0.4, 0.5) is 16.2 Å². The summed E-state index contributed by atoms with van der Waals surface area (Å²) in [7, 11) is 0. The lowest BCUT2D eigenvalue weighted by Gasteiger charge is -2.35. The van der Waals surface area contributed by atoms with Gasteiger partial charge >= 0.3 is 6.03 Å². The summed E-state index contributed by atoms with van der Waals surface area (Å²) in [5.74, 6) is 0.981. The zero-order valence-electron chi connectivity index (χ0n) is 18.1. The van der Waals surface area contributed by atoms with E-state index in [1.54, 1.807) is 29.6 Å². The number of aliphatic imine (C=N–C) groups is 1. The van der Waals surface area contributed by atoms with Gasteiger partial charge in [-0.15, -0.1) is 0 Å². The number of hydrogen-bond acceptors (Lipinski definition) is 8. The molecule has 5 heterocycles. The molecule has 1 saturated heterocycles. The van der Waals surface area contributed by atoms with Crippen molar-refractivity contribution in [2.24, 2.45) is 4.99 Å². The summed E-state index contributed by atoms with van der Waals surface area (Å²) < 4.78 is 10.7. The first-order chi connectivity index (χ1) is 16.7. The largest absolute Gasteiger partial charge is 0.467 e. The molecule has 0 aliphatic carbocycles. The molecule has 174 valence electrons. The third kappa shape index (κ3) is 3.62. The van der Waals surface area contributed by atoms with Crippen molar-refractivity contribution >= 4 is 41.4 Å². The van der Waals surface area contributed by atoms with Crippen molar-refractivity contribution in [2.45, 2.75) is 11.9 Å². The normalized spacial score (nSPS) is 21.4. The smallest absolute Gasteiger partial charge is 0.332 e. The van der Waals surface area contributed by atoms with Gasteiger partial charge in [0.2, 0.25) is 0 Å². The average molecular weight is 479 g/mol. The van der Waals surface area contributed by atoms with Crippen LogP contribution < -0.4 is 25.8 Å². The van der Waals surface area contributed by atoms with Crippen molar-refractivity contribution in [1.29, 1.82) is 0 Å². The Balaban J connectivity index is 1.29. The van der Waals surface area contributed by atoms with E-state index in [9.17, 15) is 9.59 Å². The maximum atomic E-state index is 13.2. The maximum Gasteiger partial charge on any atom is 0.332 e. The van der Waals surface area contributed by atoms with Crippen molar-refractivity contribution in [3.05, 3.63) is 70.4 Å². The number of morpholine rings is 1. The topological polar surface area (TPSA) is 111 Å². The lowest BCUT2D eigenvalue weighted by atomic mass is 10.1. The number of nitrogens with one attached hydrogen (secondary N) is 3. The Morgan fingerprint density at radius 2 is 1.97 bits per heavy atom. The molecule has 4 aliphatic heterocycles. The number of thioether (sulfide) groups is 1. The molecule has 0 saturated carbocycles. The van der Waals surface area contributed by atoms with E-state index < -0.39 is 0 Å². The monoisotopic (exact) mass is 478 g/mol. The van der Waals surface area contributed by atoms with E-state index >= 15 is 0 Å². The summed E-state index contributed by atoms with van der Waals surface area (Å²) in [4.78, 5) is 34.9. The number of rotatable bonds is 5. The maximum absolute atomic E-state index is 13.2. The lowest BCUT2D eigenvalue weighted by Crippen LogP contribution is -2.50. The minimum absolute atomic E-state index is 0.261. The highest BCUT2D eigenvalue weighted by atomic mass is 32.2. The Kier molecular flexibility index (Phi) is 5.27. The van der Waals surface area contributed by atoms with Gasteiger partial charge in [-0.05, 0) is 36.4 Å². The van der Waals surface area contributed by atoms with Crippen molar-refractivity contribution in [2.75, 3.05) is 36.1 Å². The van der Waals surface area contributed by atoms with Crippen LogP contribution in [0.1, 0.15) is 5.76 Å². The van der Waals surface area contributed by atoms with Gasteiger partial charge in [-0.1, -0.05) is 11.8 Å². The Hall–Kier alpha value is -3.70. The highest BCUT2D eigenvalue weighted by Gasteiger charge is 2.44. The van der Waals surface area contributed by atoms with E-state index in [0.29, 0.717) is 35.4 Å². The molecule has 3 N–H and O–H groups in total. The average Bonchev–Trinajstić information content (AvgIpc) is 3.53. The fourth-order valence-corrected chi connectivity index (χ4v) is 5.49. The first kappa shape index (κ1) is 20.9. The highest BCUT2D eigenvalue weighted by Crippen LogP contribution is 2.46. The molecule has 0 spiro atoms. The second-order valence-corrected chi connectivity index (χ2v) is 9.09. The molecule has 0 radical (unpaired) electrons. The van der Waals surface area contributed by atoms with Crippen LogP contribution in [-0.4, -0.2) is 50.0 Å². The van der Waals surface area contributed by atoms with Crippen LogP contribution in [0.3, 0.4) is 0 Å². The summed E-state index contributed by atoms with van der Waals surface area (Å²) in [5.41, 5.74) is 3.09. The SMILES string of the molecule is O=C(NCc1ccco1)C1=C2NC(=O)N(c3ccc(N4CCOCC4)cc3)C3=C2C(N=CN3)S1. The van der Waals surface area contributed by atoms with Gasteiger partial charge in [0.05, 0.1) is 54.2 Å². The fourth-order valence-electron chi connectivity index (χ4n) is 4.34. The minimum Gasteiger partial charge on any atom is -0.467 e. The van der Waals surface area contributed by atoms with E-state index in [-0.39, 0.29) is 23.9 Å². The molecule has 3 amide bonds. The van der Waals surface area contributed by atoms with Crippen LogP contribution in [0.25, 0.3) is 0 Å². The van der Waals surface area contributed by atoms with Crippen LogP contribution >= 0.6 is 11.8 Å². The standard InChI is InChI=1S/C23H22N6O4S/c30-21(24-12-16-2-1-9-33-16)19-18-17-20(25-13-26-22(17)34-19)29(23(31)27-18)15-5-3-14(4-6-15)28-7-10-32-11-8-28/h1-6,9,13,22H,7-8,10-12H2,(H,24,30)(H,25,26)(H,27,31). The molecule has 11 heteroatoms. The molecule has 34 heavy (non-hydrogen) atoms. The van der Waals surface area contributed by atoms with Crippen molar-refractivity contribution < 1.29 is 18.7 Å². The molecule has 1 aromatic carbocycles. The first-order valence-electron chi connectivity index (χ1n) is 11.0. The number of amides is 3. The van der Waals surface area contributed by atoms with Crippen LogP contribution in [0, 0.1) is 0 Å². The van der Waals surface area contributed by atoms with E-state index in [4.69, 9.17) is 9.15 Å². The second kappa shape index (κ2) is 8.58. The van der Waals surface area contributed by atoms with Gasteiger partial charge in [-0.3, -0.25) is 9.79 Å². The summed E-state index contributed by atoms with van der Waals surface area (Å²) in [6, 6.07) is 11.1. The third-order valence-electron chi connectivity index (χ3n) is 5.99. The lowest BCUT2D eigenvalue weighted by molar-refractivity contribution is -0.117.